The van der Waals surface area contributed by atoms with Crippen molar-refractivity contribution in [2.45, 2.75) is 74.4 Å². The summed E-state index contributed by atoms with van der Waals surface area (Å²) in [7, 11) is 1.36. The monoisotopic (exact) mass is 271 g/mol. The molecule has 2 saturated heterocycles. The summed E-state index contributed by atoms with van der Waals surface area (Å²) in [6.07, 6.45) is 16.2. The second-order valence-corrected chi connectivity index (χ2v) is 10.8. The van der Waals surface area contributed by atoms with Crippen molar-refractivity contribution in [3.63, 3.8) is 0 Å². The molecule has 2 unspecified atom stereocenters. The van der Waals surface area contributed by atoms with Crippen molar-refractivity contribution >= 4 is 16.5 Å². The average Bonchev–Trinajstić information content (AvgIpc) is 2.99. The van der Waals surface area contributed by atoms with Crippen LogP contribution in [0.5, 0.6) is 0 Å². The van der Waals surface area contributed by atoms with Crippen molar-refractivity contribution in [2.75, 3.05) is 12.3 Å². The van der Waals surface area contributed by atoms with Crippen molar-refractivity contribution in [1.82, 2.24) is 0 Å². The molecule has 2 N–H and O–H groups in total. The van der Waals surface area contributed by atoms with E-state index in [2.05, 4.69) is 0 Å². The minimum Gasteiger partial charge on any atom is -0.321 e. The molecule has 0 aromatic carbocycles. The third kappa shape index (κ3) is 2.45. The Hall–Kier alpha value is 0.820. The minimum absolute atomic E-state index is 0.165. The highest BCUT2D eigenvalue weighted by atomic mass is 31.1. The van der Waals surface area contributed by atoms with Crippen LogP contribution in [-0.4, -0.2) is 28.9 Å². The first-order chi connectivity index (χ1) is 8.31. The second-order valence-electron chi connectivity index (χ2n) is 6.23. The van der Waals surface area contributed by atoms with Crippen molar-refractivity contribution < 1.29 is 0 Å². The van der Waals surface area contributed by atoms with Gasteiger partial charge in [-0.05, 0) is 62.2 Å². The van der Waals surface area contributed by atoms with Gasteiger partial charge in [-0.3, -0.25) is 0 Å². The lowest BCUT2D eigenvalue weighted by atomic mass is 10.0. The van der Waals surface area contributed by atoms with E-state index < -0.39 is 0 Å². The van der Waals surface area contributed by atoms with Gasteiger partial charge in [0, 0.05) is 5.28 Å². The smallest absolute Gasteiger partial charge is 0.0423 e. The molecule has 0 aromatic heterocycles. The number of nitrogens with two attached hydrogens (primary N) is 1. The van der Waals surface area contributed by atoms with Crippen LogP contribution in [0.4, 0.5) is 0 Å². The predicted molar refractivity (Wildman–Crippen MR) is 81.0 cm³/mol. The summed E-state index contributed by atoms with van der Waals surface area (Å²) in [4.78, 5) is 0. The van der Waals surface area contributed by atoms with Gasteiger partial charge in [-0.15, -0.1) is 8.58 Å². The molecule has 3 heteroatoms. The van der Waals surface area contributed by atoms with Crippen LogP contribution in [0.1, 0.15) is 57.8 Å². The Labute approximate surface area is 109 Å². The van der Waals surface area contributed by atoms with Gasteiger partial charge in [-0.1, -0.05) is 27.2 Å². The molecule has 3 aliphatic rings. The Kier molecular flexibility index (Phi) is 4.11. The molecule has 1 saturated carbocycles. The summed E-state index contributed by atoms with van der Waals surface area (Å²) in [5.74, 6) is 0. The average molecular weight is 271 g/mol. The molecule has 4 atom stereocenters. The van der Waals surface area contributed by atoms with Gasteiger partial charge in [0.1, 0.15) is 0 Å². The molecule has 0 amide bonds. The van der Waals surface area contributed by atoms with E-state index in [1.807, 2.05) is 0 Å². The van der Waals surface area contributed by atoms with E-state index in [1.165, 1.54) is 78.7 Å². The molecule has 1 aliphatic carbocycles. The van der Waals surface area contributed by atoms with Crippen LogP contribution in [0, 0.1) is 0 Å². The van der Waals surface area contributed by atoms with E-state index >= 15 is 0 Å². The third-order valence-corrected chi connectivity index (χ3v) is 11.2. The molecule has 1 nitrogen and oxygen atoms in total. The van der Waals surface area contributed by atoms with Gasteiger partial charge in [0.2, 0.25) is 0 Å². The van der Waals surface area contributed by atoms with Crippen molar-refractivity contribution in [3.05, 3.63) is 0 Å². The third-order valence-electron chi connectivity index (χ3n) is 5.19. The highest BCUT2D eigenvalue weighted by Gasteiger charge is 2.48. The van der Waals surface area contributed by atoms with E-state index in [1.54, 1.807) is 0 Å². The van der Waals surface area contributed by atoms with Gasteiger partial charge in [0.25, 0.3) is 0 Å². The molecule has 3 rings (SSSR count). The maximum absolute atomic E-state index is 6.98. The number of hydrogen-bond acceptors (Lipinski definition) is 1. The molecule has 0 spiro atoms. The zero-order chi connectivity index (χ0) is 11.7. The zero-order valence-electron chi connectivity index (χ0n) is 11.0. The lowest BCUT2D eigenvalue weighted by Gasteiger charge is -2.43. The molecule has 3 fully saturated rings. The van der Waals surface area contributed by atoms with Crippen molar-refractivity contribution in [1.29, 1.82) is 0 Å². The summed E-state index contributed by atoms with van der Waals surface area (Å²) in [5, 5.41) is 0.326. The Balaban J connectivity index is 1.73. The first-order valence-electron chi connectivity index (χ1n) is 7.60. The molecular weight excluding hydrogens is 244 g/mol. The second kappa shape index (κ2) is 5.44. The topological polar surface area (TPSA) is 26.0 Å². The Morgan fingerprint density at radius 1 is 1.00 bits per heavy atom. The number of hydrogen-bond donors (Lipinski definition) is 1. The molecule has 17 heavy (non-hydrogen) atoms. The first-order valence-corrected chi connectivity index (χ1v) is 10.5. The van der Waals surface area contributed by atoms with Crippen LogP contribution in [0.2, 0.25) is 0 Å². The van der Waals surface area contributed by atoms with Crippen molar-refractivity contribution in [2.24, 2.45) is 5.73 Å². The molecule has 2 aliphatic heterocycles. The lowest BCUT2D eigenvalue weighted by molar-refractivity contribution is 0.490. The SMILES string of the molecule is N[C@]1(C2CCCP2)CCC[P@]1C1CCCCC1. The fourth-order valence-corrected chi connectivity index (χ4v) is 10.6. The first kappa shape index (κ1) is 12.8. The van der Waals surface area contributed by atoms with Crippen LogP contribution in [0.15, 0.2) is 0 Å². The van der Waals surface area contributed by atoms with Gasteiger partial charge in [0.15, 0.2) is 0 Å². The van der Waals surface area contributed by atoms with Crippen molar-refractivity contribution in [3.8, 4) is 0 Å². The predicted octanol–water partition coefficient (Wildman–Crippen LogP) is 4.09. The summed E-state index contributed by atoms with van der Waals surface area (Å²) in [5.41, 5.74) is 8.96. The van der Waals surface area contributed by atoms with Crippen LogP contribution in [0.3, 0.4) is 0 Å². The van der Waals surface area contributed by atoms with E-state index in [4.69, 9.17) is 5.73 Å². The summed E-state index contributed by atoms with van der Waals surface area (Å²) in [6, 6.07) is 0. The highest BCUT2D eigenvalue weighted by molar-refractivity contribution is 7.61. The normalized spacial score (nSPS) is 45.7. The van der Waals surface area contributed by atoms with E-state index in [9.17, 15) is 0 Å². The molecule has 98 valence electrons. The molecule has 0 aromatic rings. The fourth-order valence-electron chi connectivity index (χ4n) is 4.29. The van der Waals surface area contributed by atoms with Gasteiger partial charge < -0.3 is 5.73 Å². The maximum Gasteiger partial charge on any atom is 0.0423 e. The minimum atomic E-state index is 0.165. The zero-order valence-corrected chi connectivity index (χ0v) is 12.9. The maximum atomic E-state index is 6.98. The molecular formula is C14H27NP2. The summed E-state index contributed by atoms with van der Waals surface area (Å²) >= 11 is 0. The summed E-state index contributed by atoms with van der Waals surface area (Å²) < 4.78 is 0. The van der Waals surface area contributed by atoms with Gasteiger partial charge in [0.05, 0.1) is 0 Å². The van der Waals surface area contributed by atoms with E-state index in [0.717, 1.165) is 11.3 Å². The van der Waals surface area contributed by atoms with Gasteiger partial charge in [-0.25, -0.2) is 0 Å². The Bertz CT molecular complexity index is 259. The van der Waals surface area contributed by atoms with E-state index in [-0.39, 0.29) is 7.92 Å². The fraction of sp³-hybridized carbons (Fsp3) is 1.00. The Morgan fingerprint density at radius 2 is 1.82 bits per heavy atom. The van der Waals surface area contributed by atoms with E-state index in [0.29, 0.717) is 5.28 Å². The van der Waals surface area contributed by atoms with Crippen LogP contribution < -0.4 is 5.73 Å². The molecule has 0 bridgehead atoms. The van der Waals surface area contributed by atoms with Gasteiger partial charge >= 0.3 is 0 Å². The lowest BCUT2D eigenvalue weighted by Crippen LogP contribution is -2.45. The number of rotatable bonds is 2. The molecule has 2 heterocycles. The van der Waals surface area contributed by atoms with Gasteiger partial charge in [-0.2, -0.15) is 0 Å². The standard InChI is InChI=1S/C14H27NP2/c15-14(13-8-4-10-16-13)9-5-11-17(14)12-6-2-1-3-7-12/h12-13,16H,1-11,15H2/t13?,14-,17-/m1/s1. The quantitative estimate of drug-likeness (QED) is 0.752. The molecule has 0 radical (unpaired) electrons. The van der Waals surface area contributed by atoms with Crippen LogP contribution in [-0.2, 0) is 0 Å². The van der Waals surface area contributed by atoms with Crippen LogP contribution in [0.25, 0.3) is 0 Å². The summed E-state index contributed by atoms with van der Waals surface area (Å²) in [6.45, 7) is 0. The Morgan fingerprint density at radius 3 is 2.53 bits per heavy atom. The largest absolute Gasteiger partial charge is 0.321 e. The highest BCUT2D eigenvalue weighted by Crippen LogP contribution is 2.66. The van der Waals surface area contributed by atoms with Crippen LogP contribution >= 0.6 is 16.5 Å².